The zero-order valence-electron chi connectivity index (χ0n) is 17.5. The maximum Gasteiger partial charge on any atom is 0.329 e. The second-order valence-electron chi connectivity index (χ2n) is 7.72. The van der Waals surface area contributed by atoms with E-state index < -0.39 is 0 Å². The molecule has 32 heavy (non-hydrogen) atoms. The molecule has 1 N–H and O–H groups in total. The van der Waals surface area contributed by atoms with E-state index in [0.29, 0.717) is 28.8 Å². The summed E-state index contributed by atoms with van der Waals surface area (Å²) in [6.07, 6.45) is 3.24. The van der Waals surface area contributed by atoms with Gasteiger partial charge in [0.1, 0.15) is 12.1 Å². The first-order chi connectivity index (χ1) is 15.7. The third kappa shape index (κ3) is 3.56. The Balaban J connectivity index is 1.54. The lowest BCUT2D eigenvalue weighted by atomic mass is 9.99. The summed E-state index contributed by atoms with van der Waals surface area (Å²) in [4.78, 5) is 30.4. The van der Waals surface area contributed by atoms with Crippen LogP contribution in [0.15, 0.2) is 48.8 Å². The maximum atomic E-state index is 13.4. The predicted molar refractivity (Wildman–Crippen MR) is 120 cm³/mol. The van der Waals surface area contributed by atoms with Crippen LogP contribution >= 0.6 is 0 Å². The molecule has 1 atom stereocenters. The standard InChI is InChI=1S/C23H21N7O2/c1-32-21-11-20(25-14-26-21)28-23(31)30-17-6-3-9-29(13-17)19-8-7-18(27-22(19)30)16-5-2-4-15(10-16)12-24/h2,4-5,7-8,10-11,14,17H,3,6,9,13H2,1H3,(H,25,26,28,31)/t17-/m1/s1. The molecule has 5 rings (SSSR count). The van der Waals surface area contributed by atoms with Crippen molar-refractivity contribution < 1.29 is 9.53 Å². The number of pyridine rings is 1. The van der Waals surface area contributed by atoms with Crippen molar-refractivity contribution in [1.82, 2.24) is 15.0 Å². The van der Waals surface area contributed by atoms with Crippen LogP contribution in [0.3, 0.4) is 0 Å². The summed E-state index contributed by atoms with van der Waals surface area (Å²) in [5.41, 5.74) is 3.04. The number of nitrogens with one attached hydrogen (secondary N) is 1. The Hall–Kier alpha value is -4.19. The number of hydrogen-bond acceptors (Lipinski definition) is 7. The van der Waals surface area contributed by atoms with E-state index in [0.717, 1.165) is 37.2 Å². The summed E-state index contributed by atoms with van der Waals surface area (Å²) >= 11 is 0. The Morgan fingerprint density at radius 2 is 2.16 bits per heavy atom. The first-order valence-corrected chi connectivity index (χ1v) is 10.4. The Morgan fingerprint density at radius 1 is 1.25 bits per heavy atom. The number of carbonyl (C=O) groups excluding carboxylic acids is 1. The van der Waals surface area contributed by atoms with Crippen LogP contribution in [-0.4, -0.2) is 47.2 Å². The molecule has 0 unspecified atom stereocenters. The molecule has 0 saturated carbocycles. The lowest BCUT2D eigenvalue weighted by molar-refractivity contribution is 0.252. The van der Waals surface area contributed by atoms with Gasteiger partial charge in [0.15, 0.2) is 5.82 Å². The molecule has 9 nitrogen and oxygen atoms in total. The van der Waals surface area contributed by atoms with Gasteiger partial charge in [0.25, 0.3) is 0 Å². The van der Waals surface area contributed by atoms with Crippen LogP contribution in [0, 0.1) is 11.3 Å². The van der Waals surface area contributed by atoms with E-state index in [4.69, 9.17) is 9.72 Å². The Morgan fingerprint density at radius 3 is 3.00 bits per heavy atom. The minimum absolute atomic E-state index is 0.00757. The fourth-order valence-electron chi connectivity index (χ4n) is 4.28. The molecule has 2 aromatic heterocycles. The van der Waals surface area contributed by atoms with Gasteiger partial charge in [0.2, 0.25) is 5.88 Å². The molecule has 160 valence electrons. The molecular weight excluding hydrogens is 406 g/mol. The predicted octanol–water partition coefficient (Wildman–Crippen LogP) is 3.44. The summed E-state index contributed by atoms with van der Waals surface area (Å²) in [5.74, 6) is 1.34. The number of piperidine rings is 1. The summed E-state index contributed by atoms with van der Waals surface area (Å²) in [7, 11) is 1.51. The van der Waals surface area contributed by atoms with Crippen molar-refractivity contribution in [1.29, 1.82) is 5.26 Å². The fraction of sp³-hybridized carbons (Fsp3) is 0.261. The van der Waals surface area contributed by atoms with Crippen LogP contribution in [0.4, 0.5) is 22.1 Å². The highest BCUT2D eigenvalue weighted by Gasteiger charge is 2.38. The highest BCUT2D eigenvalue weighted by molar-refractivity contribution is 6.04. The van der Waals surface area contributed by atoms with Crippen molar-refractivity contribution >= 4 is 23.4 Å². The molecule has 4 heterocycles. The zero-order valence-corrected chi connectivity index (χ0v) is 17.5. The minimum Gasteiger partial charge on any atom is -0.481 e. The topological polar surface area (TPSA) is 107 Å². The molecule has 2 aliphatic rings. The van der Waals surface area contributed by atoms with Gasteiger partial charge in [-0.05, 0) is 37.1 Å². The molecule has 0 spiro atoms. The van der Waals surface area contributed by atoms with E-state index in [1.807, 2.05) is 24.3 Å². The Kier molecular flexibility index (Phi) is 5.03. The Labute approximate surface area is 185 Å². The summed E-state index contributed by atoms with van der Waals surface area (Å²) in [6.45, 7) is 1.70. The fourth-order valence-corrected chi connectivity index (χ4v) is 4.28. The summed E-state index contributed by atoms with van der Waals surface area (Å²) < 4.78 is 5.13. The number of methoxy groups -OCH3 is 1. The van der Waals surface area contributed by atoms with Crippen LogP contribution in [0.2, 0.25) is 0 Å². The smallest absolute Gasteiger partial charge is 0.329 e. The van der Waals surface area contributed by atoms with Gasteiger partial charge in [-0.15, -0.1) is 0 Å². The van der Waals surface area contributed by atoms with Crippen molar-refractivity contribution in [2.24, 2.45) is 0 Å². The SMILES string of the molecule is COc1cc(NC(=O)N2c3nc(-c4cccc(C#N)c4)ccc3N3CCC[C@@H]2C3)ncn1. The average Bonchev–Trinajstić information content (AvgIpc) is 2.84. The summed E-state index contributed by atoms with van der Waals surface area (Å²) in [6, 6.07) is 14.7. The maximum absolute atomic E-state index is 13.4. The van der Waals surface area contributed by atoms with Gasteiger partial charge in [0, 0.05) is 24.7 Å². The number of rotatable bonds is 3. The van der Waals surface area contributed by atoms with E-state index in [-0.39, 0.29) is 12.1 Å². The summed E-state index contributed by atoms with van der Waals surface area (Å²) in [5, 5.41) is 12.1. The van der Waals surface area contributed by atoms with E-state index in [2.05, 4.69) is 26.3 Å². The number of benzene rings is 1. The largest absolute Gasteiger partial charge is 0.481 e. The van der Waals surface area contributed by atoms with Gasteiger partial charge in [-0.25, -0.2) is 19.7 Å². The molecule has 1 saturated heterocycles. The highest BCUT2D eigenvalue weighted by atomic mass is 16.5. The van der Waals surface area contributed by atoms with E-state index in [1.54, 1.807) is 23.1 Å². The number of anilines is 3. The van der Waals surface area contributed by atoms with Crippen LogP contribution < -0.4 is 19.9 Å². The molecular formula is C23H21N7O2. The van der Waals surface area contributed by atoms with Gasteiger partial charge in [-0.2, -0.15) is 5.26 Å². The van der Waals surface area contributed by atoms with Crippen LogP contribution in [-0.2, 0) is 0 Å². The number of aromatic nitrogens is 3. The quantitative estimate of drug-likeness (QED) is 0.682. The molecule has 1 fully saturated rings. The van der Waals surface area contributed by atoms with E-state index in [9.17, 15) is 10.1 Å². The van der Waals surface area contributed by atoms with Crippen molar-refractivity contribution in [2.45, 2.75) is 18.9 Å². The second kappa shape index (κ2) is 8.15. The molecule has 9 heteroatoms. The molecule has 2 amide bonds. The van der Waals surface area contributed by atoms with Crippen molar-refractivity contribution in [2.75, 3.05) is 35.3 Å². The number of hydrogen-bond donors (Lipinski definition) is 1. The number of amides is 2. The number of urea groups is 1. The lowest BCUT2D eigenvalue weighted by Gasteiger charge is -2.45. The number of nitriles is 1. The van der Waals surface area contributed by atoms with Crippen LogP contribution in [0.5, 0.6) is 5.88 Å². The average molecular weight is 427 g/mol. The van der Waals surface area contributed by atoms with Crippen molar-refractivity contribution in [3.63, 3.8) is 0 Å². The monoisotopic (exact) mass is 427 g/mol. The van der Waals surface area contributed by atoms with Crippen LogP contribution in [0.25, 0.3) is 11.3 Å². The molecule has 2 bridgehead atoms. The Bertz CT molecular complexity index is 1220. The van der Waals surface area contributed by atoms with Crippen molar-refractivity contribution in [3.05, 3.63) is 54.4 Å². The van der Waals surface area contributed by atoms with Gasteiger partial charge in [-0.1, -0.05) is 12.1 Å². The molecule has 0 radical (unpaired) electrons. The third-order valence-electron chi connectivity index (χ3n) is 5.78. The van der Waals surface area contributed by atoms with Gasteiger partial charge < -0.3 is 9.64 Å². The van der Waals surface area contributed by atoms with Crippen LogP contribution in [0.1, 0.15) is 18.4 Å². The number of carbonyl (C=O) groups is 1. The highest BCUT2D eigenvalue weighted by Crippen LogP contribution is 2.39. The van der Waals surface area contributed by atoms with Gasteiger partial charge in [-0.3, -0.25) is 10.2 Å². The number of ether oxygens (including phenoxy) is 1. The van der Waals surface area contributed by atoms with E-state index >= 15 is 0 Å². The van der Waals surface area contributed by atoms with E-state index in [1.165, 1.54) is 13.4 Å². The third-order valence-corrected chi connectivity index (χ3v) is 5.78. The first kappa shape index (κ1) is 19.8. The van der Waals surface area contributed by atoms with Gasteiger partial charge >= 0.3 is 6.03 Å². The normalized spacial score (nSPS) is 16.7. The number of fused-ring (bicyclic) bond motifs is 4. The molecule has 2 aliphatic heterocycles. The second-order valence-corrected chi connectivity index (χ2v) is 7.72. The molecule has 1 aromatic carbocycles. The first-order valence-electron chi connectivity index (χ1n) is 10.4. The molecule has 3 aromatic rings. The minimum atomic E-state index is -0.297. The lowest BCUT2D eigenvalue weighted by Crippen LogP contribution is -2.56. The number of nitrogens with zero attached hydrogens (tertiary/aromatic N) is 6. The van der Waals surface area contributed by atoms with Gasteiger partial charge in [0.05, 0.1) is 36.2 Å². The zero-order chi connectivity index (χ0) is 22.1. The van der Waals surface area contributed by atoms with Crippen molar-refractivity contribution in [3.8, 4) is 23.2 Å². The molecule has 0 aliphatic carbocycles.